The van der Waals surface area contributed by atoms with Crippen LogP contribution in [0.4, 0.5) is 0 Å². The van der Waals surface area contributed by atoms with E-state index in [2.05, 4.69) is 74.4 Å². The molecule has 0 saturated heterocycles. The SMILES string of the molecule is CCCCCC(C)(C)OOC(CC)(CC)c1ccc(C(C)C)c(C(=O)C(O)(CCCC)CCCC)c1. The summed E-state index contributed by atoms with van der Waals surface area (Å²) in [6.07, 6.45) is 10.4. The van der Waals surface area contributed by atoms with E-state index < -0.39 is 11.2 Å². The van der Waals surface area contributed by atoms with Gasteiger partial charge >= 0.3 is 0 Å². The summed E-state index contributed by atoms with van der Waals surface area (Å²) in [5.74, 6) is 0.0313. The van der Waals surface area contributed by atoms with Gasteiger partial charge in [0.15, 0.2) is 5.78 Å². The molecule has 0 aliphatic heterocycles. The number of hydrogen-bond donors (Lipinski definition) is 1. The van der Waals surface area contributed by atoms with E-state index in [1.165, 1.54) is 12.8 Å². The zero-order valence-corrected chi connectivity index (χ0v) is 25.0. The van der Waals surface area contributed by atoms with Crippen LogP contribution in [0.5, 0.6) is 0 Å². The van der Waals surface area contributed by atoms with Crippen molar-refractivity contribution in [2.75, 3.05) is 0 Å². The van der Waals surface area contributed by atoms with E-state index in [1.54, 1.807) is 0 Å². The number of rotatable bonds is 19. The average molecular weight is 505 g/mol. The minimum atomic E-state index is -1.33. The molecular formula is C32H56O4. The fourth-order valence-corrected chi connectivity index (χ4v) is 4.94. The van der Waals surface area contributed by atoms with Gasteiger partial charge in [0.1, 0.15) is 11.2 Å². The highest BCUT2D eigenvalue weighted by Crippen LogP contribution is 2.39. The van der Waals surface area contributed by atoms with Crippen LogP contribution >= 0.6 is 0 Å². The van der Waals surface area contributed by atoms with Gasteiger partial charge in [0.25, 0.3) is 0 Å². The van der Waals surface area contributed by atoms with Gasteiger partial charge in [-0.05, 0) is 69.1 Å². The van der Waals surface area contributed by atoms with Crippen LogP contribution in [0.15, 0.2) is 18.2 Å². The quantitative estimate of drug-likeness (QED) is 0.0882. The van der Waals surface area contributed by atoms with Gasteiger partial charge < -0.3 is 5.11 Å². The Balaban J connectivity index is 3.44. The Labute approximate surface area is 222 Å². The maximum Gasteiger partial charge on any atom is 0.194 e. The molecule has 1 aromatic rings. The molecule has 0 amide bonds. The Hall–Kier alpha value is -1.23. The number of ketones is 1. The summed E-state index contributed by atoms with van der Waals surface area (Å²) in [6.45, 7) is 19.0. The van der Waals surface area contributed by atoms with Gasteiger partial charge in [-0.15, -0.1) is 0 Å². The first kappa shape index (κ1) is 32.8. The Morgan fingerprint density at radius 3 is 1.86 bits per heavy atom. The van der Waals surface area contributed by atoms with E-state index >= 15 is 0 Å². The van der Waals surface area contributed by atoms with Gasteiger partial charge in [-0.3, -0.25) is 4.79 Å². The largest absolute Gasteiger partial charge is 0.382 e. The Kier molecular flexibility index (Phi) is 13.9. The third-order valence-corrected chi connectivity index (χ3v) is 7.71. The van der Waals surface area contributed by atoms with Crippen molar-refractivity contribution in [3.8, 4) is 0 Å². The molecule has 4 nitrogen and oxygen atoms in total. The molecule has 0 aliphatic carbocycles. The number of carbonyl (C=O) groups excluding carboxylic acids is 1. The lowest BCUT2D eigenvalue weighted by molar-refractivity contribution is -0.415. The van der Waals surface area contributed by atoms with Crippen LogP contribution < -0.4 is 0 Å². The molecule has 208 valence electrons. The molecule has 0 aliphatic rings. The molecule has 0 fully saturated rings. The summed E-state index contributed by atoms with van der Waals surface area (Å²) < 4.78 is 0. The van der Waals surface area contributed by atoms with E-state index in [0.717, 1.165) is 62.5 Å². The fourth-order valence-electron chi connectivity index (χ4n) is 4.94. The number of benzene rings is 1. The van der Waals surface area contributed by atoms with Crippen LogP contribution in [0.25, 0.3) is 0 Å². The first-order valence-corrected chi connectivity index (χ1v) is 14.7. The highest BCUT2D eigenvalue weighted by molar-refractivity contribution is 6.03. The van der Waals surface area contributed by atoms with Crippen LogP contribution in [0.1, 0.15) is 167 Å². The molecule has 0 spiro atoms. The smallest absolute Gasteiger partial charge is 0.194 e. The number of carbonyl (C=O) groups is 1. The number of unbranched alkanes of at least 4 members (excludes halogenated alkanes) is 4. The third kappa shape index (κ3) is 8.96. The number of hydrogen-bond acceptors (Lipinski definition) is 4. The van der Waals surface area contributed by atoms with E-state index in [-0.39, 0.29) is 17.3 Å². The highest BCUT2D eigenvalue weighted by atomic mass is 17.2. The van der Waals surface area contributed by atoms with Crippen LogP contribution in [0.2, 0.25) is 0 Å². The summed E-state index contributed by atoms with van der Waals surface area (Å²) >= 11 is 0. The van der Waals surface area contributed by atoms with Crippen LogP contribution in [-0.4, -0.2) is 22.1 Å². The van der Waals surface area contributed by atoms with Gasteiger partial charge in [-0.1, -0.05) is 106 Å². The lowest BCUT2D eigenvalue weighted by Crippen LogP contribution is -2.40. The molecule has 4 heteroatoms. The van der Waals surface area contributed by atoms with Gasteiger partial charge in [-0.25, -0.2) is 9.78 Å². The first-order valence-electron chi connectivity index (χ1n) is 14.7. The van der Waals surface area contributed by atoms with Crippen molar-refractivity contribution in [3.63, 3.8) is 0 Å². The third-order valence-electron chi connectivity index (χ3n) is 7.71. The van der Waals surface area contributed by atoms with E-state index in [0.29, 0.717) is 18.4 Å². The van der Waals surface area contributed by atoms with Crippen molar-refractivity contribution in [1.82, 2.24) is 0 Å². The van der Waals surface area contributed by atoms with E-state index in [1.807, 2.05) is 6.07 Å². The average Bonchev–Trinajstić information content (AvgIpc) is 2.86. The molecule has 0 aromatic heterocycles. The second kappa shape index (κ2) is 15.2. The molecular weight excluding hydrogens is 448 g/mol. The normalized spacial score (nSPS) is 13.0. The lowest BCUT2D eigenvalue weighted by Gasteiger charge is -2.36. The van der Waals surface area contributed by atoms with Crippen LogP contribution in [-0.2, 0) is 15.4 Å². The summed E-state index contributed by atoms with van der Waals surface area (Å²) in [5.41, 5.74) is 0.192. The standard InChI is InChI=1S/C32H56O4/c1-10-15-18-21-30(8,9)35-36-32(13-4,14-5)26-19-20-27(25(6)7)28(24-26)29(33)31(34,22-16-11-2)23-17-12-3/h19-20,24-25,34H,10-18,21-23H2,1-9H3. The monoisotopic (exact) mass is 504 g/mol. The Bertz CT molecular complexity index is 768. The minimum absolute atomic E-state index is 0.142. The molecule has 1 rings (SSSR count). The maximum absolute atomic E-state index is 14.0. The second-order valence-electron chi connectivity index (χ2n) is 11.6. The molecule has 0 saturated carbocycles. The molecule has 1 aromatic carbocycles. The molecule has 0 heterocycles. The van der Waals surface area contributed by atoms with Crippen molar-refractivity contribution < 1.29 is 19.7 Å². The van der Waals surface area contributed by atoms with E-state index in [9.17, 15) is 9.90 Å². The molecule has 0 bridgehead atoms. The predicted molar refractivity (Wildman–Crippen MR) is 152 cm³/mol. The summed E-state index contributed by atoms with van der Waals surface area (Å²) in [4.78, 5) is 26.4. The Morgan fingerprint density at radius 2 is 1.39 bits per heavy atom. The zero-order chi connectivity index (χ0) is 27.4. The summed E-state index contributed by atoms with van der Waals surface area (Å²) in [5, 5.41) is 11.6. The minimum Gasteiger partial charge on any atom is -0.382 e. The van der Waals surface area contributed by atoms with Crippen molar-refractivity contribution in [1.29, 1.82) is 0 Å². The van der Waals surface area contributed by atoms with Crippen molar-refractivity contribution in [2.45, 2.75) is 162 Å². The van der Waals surface area contributed by atoms with Crippen molar-refractivity contribution in [2.24, 2.45) is 0 Å². The second-order valence-corrected chi connectivity index (χ2v) is 11.6. The van der Waals surface area contributed by atoms with Gasteiger partial charge in [0, 0.05) is 5.56 Å². The molecule has 0 radical (unpaired) electrons. The van der Waals surface area contributed by atoms with Crippen LogP contribution in [0.3, 0.4) is 0 Å². The van der Waals surface area contributed by atoms with Crippen LogP contribution in [0, 0.1) is 0 Å². The predicted octanol–water partition coefficient (Wildman–Crippen LogP) is 9.43. The summed E-state index contributed by atoms with van der Waals surface area (Å²) in [6, 6.07) is 6.13. The van der Waals surface area contributed by atoms with Gasteiger partial charge in [-0.2, -0.15) is 0 Å². The Morgan fingerprint density at radius 1 is 0.833 bits per heavy atom. The first-order chi connectivity index (χ1) is 17.0. The van der Waals surface area contributed by atoms with Crippen molar-refractivity contribution >= 4 is 5.78 Å². The van der Waals surface area contributed by atoms with Gasteiger partial charge in [0.2, 0.25) is 0 Å². The molecule has 1 N–H and O–H groups in total. The topological polar surface area (TPSA) is 55.8 Å². The maximum atomic E-state index is 14.0. The summed E-state index contributed by atoms with van der Waals surface area (Å²) in [7, 11) is 0. The number of aliphatic hydroxyl groups is 1. The highest BCUT2D eigenvalue weighted by Gasteiger charge is 2.39. The number of Topliss-reactive ketones (excluding diaryl/α,β-unsaturated/α-hetero) is 1. The van der Waals surface area contributed by atoms with Crippen molar-refractivity contribution in [3.05, 3.63) is 34.9 Å². The molecule has 0 unspecified atom stereocenters. The molecule has 36 heavy (non-hydrogen) atoms. The fraction of sp³-hybridized carbons (Fsp3) is 0.781. The van der Waals surface area contributed by atoms with Gasteiger partial charge in [0.05, 0.1) is 5.60 Å². The lowest BCUT2D eigenvalue weighted by atomic mass is 9.78. The molecule has 0 atom stereocenters. The van der Waals surface area contributed by atoms with E-state index in [4.69, 9.17) is 9.78 Å². The zero-order valence-electron chi connectivity index (χ0n) is 25.0.